The van der Waals surface area contributed by atoms with Gasteiger partial charge < -0.3 is 8.97 Å². The molecule has 0 bridgehead atoms. The van der Waals surface area contributed by atoms with Crippen LogP contribution in [0.4, 0.5) is 0 Å². The molecule has 0 aliphatic heterocycles. The monoisotopic (exact) mass is 368 g/mol. The Balaban J connectivity index is 2.15. The van der Waals surface area contributed by atoms with Gasteiger partial charge in [0.1, 0.15) is 0 Å². The number of carbonyl (C=O) groups is 1. The van der Waals surface area contributed by atoms with Gasteiger partial charge in [0, 0.05) is 40.0 Å². The molecule has 0 aliphatic rings. The number of rotatable bonds is 2. The largest absolute Gasteiger partial charge is 0.312 e. The van der Waals surface area contributed by atoms with Gasteiger partial charge in [0.25, 0.3) is 5.56 Å². The summed E-state index contributed by atoms with van der Waals surface area (Å²) in [5.41, 5.74) is 4.72. The lowest BCUT2D eigenvalue weighted by molar-refractivity contribution is 0.101. The predicted molar refractivity (Wildman–Crippen MR) is 115 cm³/mol. The molecule has 4 nitrogen and oxygen atoms in total. The zero-order valence-corrected chi connectivity index (χ0v) is 16.1. The number of ketones is 1. The Labute approximate surface area is 161 Å². The average molecular weight is 368 g/mol. The maximum atomic E-state index is 12.3. The third-order valence-electron chi connectivity index (χ3n) is 5.81. The van der Waals surface area contributed by atoms with E-state index in [4.69, 9.17) is 0 Å². The molecule has 3 aromatic heterocycles. The van der Waals surface area contributed by atoms with Crippen molar-refractivity contribution in [2.75, 3.05) is 0 Å². The molecule has 0 spiro atoms. The smallest absolute Gasteiger partial charge is 0.251 e. The summed E-state index contributed by atoms with van der Waals surface area (Å²) >= 11 is 0. The molecule has 4 heteroatoms. The first-order valence-electron chi connectivity index (χ1n) is 9.53. The van der Waals surface area contributed by atoms with Crippen molar-refractivity contribution in [2.45, 2.75) is 27.3 Å². The van der Waals surface area contributed by atoms with Crippen LogP contribution in [0.15, 0.2) is 59.4 Å². The van der Waals surface area contributed by atoms with E-state index in [0.717, 1.165) is 49.4 Å². The van der Waals surface area contributed by atoms with Crippen LogP contribution in [0.1, 0.15) is 29.9 Å². The minimum Gasteiger partial charge on any atom is -0.312 e. The van der Waals surface area contributed by atoms with Crippen molar-refractivity contribution in [3.8, 4) is 0 Å². The van der Waals surface area contributed by atoms with Gasteiger partial charge in [-0.1, -0.05) is 24.3 Å². The van der Waals surface area contributed by atoms with Crippen molar-refractivity contribution in [1.82, 2.24) is 8.97 Å². The van der Waals surface area contributed by atoms with E-state index in [-0.39, 0.29) is 11.3 Å². The van der Waals surface area contributed by atoms with Gasteiger partial charge in [-0.2, -0.15) is 0 Å². The summed E-state index contributed by atoms with van der Waals surface area (Å²) < 4.78 is 3.98. The maximum absolute atomic E-state index is 12.3. The highest BCUT2D eigenvalue weighted by Crippen LogP contribution is 2.36. The van der Waals surface area contributed by atoms with Crippen molar-refractivity contribution >= 4 is 43.9 Å². The zero-order valence-electron chi connectivity index (χ0n) is 16.1. The molecule has 3 heterocycles. The van der Waals surface area contributed by atoms with Crippen LogP contribution in [0, 0.1) is 6.92 Å². The Morgan fingerprint density at radius 1 is 0.893 bits per heavy atom. The van der Waals surface area contributed by atoms with Crippen LogP contribution in [-0.4, -0.2) is 14.8 Å². The third-order valence-corrected chi connectivity index (χ3v) is 5.81. The summed E-state index contributed by atoms with van der Waals surface area (Å²) in [7, 11) is 0. The van der Waals surface area contributed by atoms with Gasteiger partial charge in [-0.25, -0.2) is 0 Å². The van der Waals surface area contributed by atoms with Gasteiger partial charge in [0.15, 0.2) is 5.78 Å². The highest BCUT2D eigenvalue weighted by molar-refractivity contribution is 6.22. The van der Waals surface area contributed by atoms with Crippen LogP contribution in [0.25, 0.3) is 38.1 Å². The molecule has 5 rings (SSSR count). The molecule has 28 heavy (non-hydrogen) atoms. The number of fused-ring (bicyclic) bond motifs is 8. The summed E-state index contributed by atoms with van der Waals surface area (Å²) in [6.45, 7) is 6.22. The van der Waals surface area contributed by atoms with Crippen molar-refractivity contribution in [3.05, 3.63) is 76.2 Å². The topological polar surface area (TPSA) is 43.5 Å². The molecule has 0 amide bonds. The number of hydrogen-bond donors (Lipinski definition) is 0. The van der Waals surface area contributed by atoms with E-state index in [1.807, 2.05) is 44.2 Å². The quantitative estimate of drug-likeness (QED) is 0.322. The van der Waals surface area contributed by atoms with E-state index >= 15 is 0 Å². The average Bonchev–Trinajstić information content (AvgIpc) is 3.05. The third kappa shape index (κ3) is 2.06. The predicted octanol–water partition coefficient (Wildman–Crippen LogP) is 5.09. The number of carbonyl (C=O) groups excluding carboxylic acids is 1. The van der Waals surface area contributed by atoms with E-state index in [1.54, 1.807) is 17.6 Å². The zero-order chi connectivity index (χ0) is 19.6. The molecule has 5 aromatic rings. The van der Waals surface area contributed by atoms with Crippen molar-refractivity contribution in [2.24, 2.45) is 0 Å². The number of pyridine rings is 2. The Kier molecular flexibility index (Phi) is 3.47. The van der Waals surface area contributed by atoms with Gasteiger partial charge in [-0.3, -0.25) is 9.59 Å². The number of aromatic nitrogens is 2. The van der Waals surface area contributed by atoms with Gasteiger partial charge in [0.2, 0.25) is 0 Å². The molecule has 0 saturated heterocycles. The van der Waals surface area contributed by atoms with Crippen LogP contribution >= 0.6 is 0 Å². The lowest BCUT2D eigenvalue weighted by Gasteiger charge is -2.15. The number of nitrogens with zero attached hydrogens (tertiary/aromatic N) is 2. The second-order valence-electron chi connectivity index (χ2n) is 7.27. The molecular weight excluding hydrogens is 348 g/mol. The molecule has 0 N–H and O–H groups in total. The lowest BCUT2D eigenvalue weighted by atomic mass is 10.0. The Bertz CT molecular complexity index is 1500. The van der Waals surface area contributed by atoms with E-state index in [9.17, 15) is 9.59 Å². The second kappa shape index (κ2) is 5.80. The van der Waals surface area contributed by atoms with Gasteiger partial charge in [-0.15, -0.1) is 0 Å². The summed E-state index contributed by atoms with van der Waals surface area (Å²) in [5.74, 6) is 0.0686. The van der Waals surface area contributed by atoms with Crippen molar-refractivity contribution in [3.63, 3.8) is 0 Å². The van der Waals surface area contributed by atoms with Gasteiger partial charge >= 0.3 is 0 Å². The molecule has 0 radical (unpaired) electrons. The summed E-state index contributed by atoms with van der Waals surface area (Å²) in [5, 5.41) is 4.39. The number of Topliss-reactive ketones (excluding diaryl/α,β-unsaturated/α-hetero) is 1. The Morgan fingerprint density at radius 2 is 1.61 bits per heavy atom. The highest BCUT2D eigenvalue weighted by atomic mass is 16.1. The van der Waals surface area contributed by atoms with Crippen LogP contribution < -0.4 is 5.56 Å². The first-order chi connectivity index (χ1) is 13.5. The minimum absolute atomic E-state index is 0.00995. The van der Waals surface area contributed by atoms with E-state index in [0.29, 0.717) is 6.54 Å². The van der Waals surface area contributed by atoms with E-state index in [1.165, 1.54) is 0 Å². The van der Waals surface area contributed by atoms with Gasteiger partial charge in [0.05, 0.1) is 16.6 Å². The molecule has 0 atom stereocenters. The first kappa shape index (κ1) is 16.8. The van der Waals surface area contributed by atoms with Crippen molar-refractivity contribution < 1.29 is 4.79 Å². The number of benzene rings is 2. The molecule has 0 unspecified atom stereocenters. The Hall–Kier alpha value is -3.40. The summed E-state index contributed by atoms with van der Waals surface area (Å²) in [4.78, 5) is 24.5. The SMILES string of the molecule is CCn1c(=O)ccc2c3c4ccccc4c4cc(C(C)=O)c(C)n4c3ccc21. The fourth-order valence-electron chi connectivity index (χ4n) is 4.56. The molecule has 0 saturated carbocycles. The normalized spacial score (nSPS) is 11.8. The standard InChI is InChI=1S/C24H20N2O2/c1-4-25-20-10-11-21-24(18(20)9-12-23(25)28)17-8-6-5-7-16(17)22-13-19(15(3)27)14(2)26(21)22/h5-13H,4H2,1-3H3. The van der Waals surface area contributed by atoms with Crippen LogP contribution in [-0.2, 0) is 6.54 Å². The molecule has 2 aromatic carbocycles. The summed E-state index contributed by atoms with van der Waals surface area (Å²) in [6.07, 6.45) is 0. The van der Waals surface area contributed by atoms with Crippen LogP contribution in [0.2, 0.25) is 0 Å². The second-order valence-corrected chi connectivity index (χ2v) is 7.27. The summed E-state index contributed by atoms with van der Waals surface area (Å²) in [6, 6.07) is 17.9. The first-order valence-corrected chi connectivity index (χ1v) is 9.53. The Morgan fingerprint density at radius 3 is 2.32 bits per heavy atom. The minimum atomic E-state index is 0.00995. The highest BCUT2D eigenvalue weighted by Gasteiger charge is 2.18. The van der Waals surface area contributed by atoms with Crippen molar-refractivity contribution in [1.29, 1.82) is 0 Å². The maximum Gasteiger partial charge on any atom is 0.251 e. The van der Waals surface area contributed by atoms with Crippen LogP contribution in [0.3, 0.4) is 0 Å². The molecular formula is C24H20N2O2. The van der Waals surface area contributed by atoms with Gasteiger partial charge in [-0.05, 0) is 50.4 Å². The molecule has 0 fully saturated rings. The fraction of sp³-hybridized carbons (Fsp3) is 0.167. The lowest BCUT2D eigenvalue weighted by Crippen LogP contribution is -2.18. The number of aryl methyl sites for hydroxylation is 2. The van der Waals surface area contributed by atoms with E-state index in [2.05, 4.69) is 22.6 Å². The molecule has 138 valence electrons. The van der Waals surface area contributed by atoms with Crippen LogP contribution in [0.5, 0.6) is 0 Å². The fourth-order valence-corrected chi connectivity index (χ4v) is 4.56. The number of hydrogen-bond acceptors (Lipinski definition) is 2. The van der Waals surface area contributed by atoms with E-state index < -0.39 is 0 Å². The molecule has 0 aliphatic carbocycles.